The van der Waals surface area contributed by atoms with Crippen LogP contribution in [-0.4, -0.2) is 32.2 Å². The molecule has 170 valence electrons. The Hall–Kier alpha value is -0.750. The first kappa shape index (κ1) is 25.3. The smallest absolute Gasteiger partial charge is 0.349 e. The molecule has 1 aliphatic carbocycles. The molecule has 1 fully saturated rings. The summed E-state index contributed by atoms with van der Waals surface area (Å²) in [6.45, 7) is 0.126. The fourth-order valence-electron chi connectivity index (χ4n) is 3.50. The van der Waals surface area contributed by atoms with Crippen molar-refractivity contribution in [3.05, 3.63) is 81.7 Å². The number of carbonyl (C=O) groups is 3. The summed E-state index contributed by atoms with van der Waals surface area (Å²) in [7, 11) is 0. The van der Waals surface area contributed by atoms with Gasteiger partial charge in [0.15, 0.2) is 0 Å². The van der Waals surface area contributed by atoms with Gasteiger partial charge in [-0.05, 0) is 91.5 Å². The maximum Gasteiger partial charge on any atom is 0.349 e. The first-order valence-electron chi connectivity index (χ1n) is 9.56. The van der Waals surface area contributed by atoms with Crippen LogP contribution in [0.3, 0.4) is 0 Å². The lowest BCUT2D eigenvalue weighted by atomic mass is 9.81. The molecule has 4 rings (SSSR count). The number of phenols is 1. The summed E-state index contributed by atoms with van der Waals surface area (Å²) in [5.74, 6) is -1.12. The van der Waals surface area contributed by atoms with Gasteiger partial charge in [-0.15, -0.1) is 0 Å². The summed E-state index contributed by atoms with van der Waals surface area (Å²) in [4.78, 5) is 38.7. The number of hydrogen-bond donors (Lipinski definition) is 1. The Kier molecular flexibility index (Phi) is 7.75. The number of esters is 1. The number of fused-ring (bicyclic) bond motifs is 1. The largest absolute Gasteiger partial charge is 0.506 e. The van der Waals surface area contributed by atoms with Crippen LogP contribution in [0, 0.1) is 7.14 Å². The molecule has 0 aromatic heterocycles. The van der Waals surface area contributed by atoms with Crippen molar-refractivity contribution in [2.45, 2.75) is 22.6 Å². The number of halogens is 4. The molecule has 0 radical (unpaired) electrons. The van der Waals surface area contributed by atoms with Gasteiger partial charge in [0.2, 0.25) is 17.7 Å². The van der Waals surface area contributed by atoms with Gasteiger partial charge >= 0.3 is 5.97 Å². The molecule has 0 saturated carbocycles. The number of Topliss-reactive ketones (excluding diaryl/α,β-unsaturated/α-hetero) is 2. The lowest BCUT2D eigenvalue weighted by Gasteiger charge is -2.48. The molecule has 0 bridgehead atoms. The van der Waals surface area contributed by atoms with Crippen molar-refractivity contribution in [2.75, 3.05) is 0 Å². The Labute approximate surface area is 244 Å². The van der Waals surface area contributed by atoms with E-state index in [9.17, 15) is 19.5 Å². The van der Waals surface area contributed by atoms with Crippen molar-refractivity contribution in [1.29, 1.82) is 0 Å². The van der Waals surface area contributed by atoms with Crippen LogP contribution < -0.4 is 0 Å². The van der Waals surface area contributed by atoms with Crippen LogP contribution >= 0.6 is 90.4 Å². The van der Waals surface area contributed by atoms with E-state index in [0.29, 0.717) is 22.1 Å². The maximum atomic E-state index is 13.1. The molecule has 33 heavy (non-hydrogen) atoms. The minimum atomic E-state index is -0.872. The number of benzene rings is 2. The monoisotopic (exact) mass is 894 g/mol. The summed E-state index contributed by atoms with van der Waals surface area (Å²) in [6, 6.07) is 12.3. The van der Waals surface area contributed by atoms with E-state index in [2.05, 4.69) is 22.6 Å². The number of allylic oxidation sites excluding steroid dienone is 3. The molecule has 0 spiro atoms. The van der Waals surface area contributed by atoms with Crippen LogP contribution in [0.15, 0.2) is 63.5 Å². The van der Waals surface area contributed by atoms with E-state index < -0.39 is 27.1 Å². The molecule has 6 nitrogen and oxygen atoms in total. The molecule has 2 aliphatic rings. The number of ketones is 2. The highest BCUT2D eigenvalue weighted by atomic mass is 127. The first-order chi connectivity index (χ1) is 15.6. The second kappa shape index (κ2) is 10.1. The van der Waals surface area contributed by atoms with Gasteiger partial charge in [0, 0.05) is 17.6 Å². The van der Waals surface area contributed by atoms with Crippen LogP contribution in [0.4, 0.5) is 0 Å². The third-order valence-corrected chi connectivity index (χ3v) is 9.09. The molecular weight excluding hydrogens is 880 g/mol. The third kappa shape index (κ3) is 4.98. The zero-order chi connectivity index (χ0) is 23.9. The Morgan fingerprint density at radius 2 is 1.70 bits per heavy atom. The van der Waals surface area contributed by atoms with E-state index in [-0.39, 0.29) is 24.3 Å². The van der Waals surface area contributed by atoms with Crippen LogP contribution in [0.1, 0.15) is 22.3 Å². The molecule has 2 atom stereocenters. The van der Waals surface area contributed by atoms with E-state index in [1.807, 2.05) is 98.1 Å². The van der Waals surface area contributed by atoms with Crippen LogP contribution in [0.5, 0.6) is 5.75 Å². The van der Waals surface area contributed by atoms with Crippen LogP contribution in [0.25, 0.3) is 0 Å². The normalized spacial score (nSPS) is 21.3. The Bertz CT molecular complexity index is 1210. The topological polar surface area (TPSA) is 89.9 Å². The summed E-state index contributed by atoms with van der Waals surface area (Å²) in [5, 5.41) is 9.95. The van der Waals surface area contributed by atoms with E-state index in [0.717, 1.165) is 5.56 Å². The lowest BCUT2D eigenvalue weighted by Crippen LogP contribution is -2.58. The number of carbonyl (C=O) groups excluding carboxylic acids is 3. The van der Waals surface area contributed by atoms with Gasteiger partial charge in [0.25, 0.3) is 0 Å². The number of phenolic OH excluding ortho intramolecular Hbond substituents is 1. The van der Waals surface area contributed by atoms with Gasteiger partial charge in [-0.3, -0.25) is 9.59 Å². The Balaban J connectivity index is 1.51. The molecule has 0 amide bonds. The van der Waals surface area contributed by atoms with Crippen molar-refractivity contribution < 1.29 is 29.0 Å². The summed E-state index contributed by atoms with van der Waals surface area (Å²) in [5.41, 5.74) is 1.38. The Morgan fingerprint density at radius 3 is 2.33 bits per heavy atom. The highest BCUT2D eigenvalue weighted by molar-refractivity contribution is 14.1. The van der Waals surface area contributed by atoms with E-state index >= 15 is 0 Å². The van der Waals surface area contributed by atoms with Crippen molar-refractivity contribution >= 4 is 108 Å². The number of alkyl halides is 1. The minimum absolute atomic E-state index is 0.0777. The number of hydrogen-bond acceptors (Lipinski definition) is 6. The van der Waals surface area contributed by atoms with E-state index in [4.69, 9.17) is 9.47 Å². The molecule has 1 N–H and O–H groups in total. The van der Waals surface area contributed by atoms with Gasteiger partial charge in [0.1, 0.15) is 21.5 Å². The van der Waals surface area contributed by atoms with Crippen LogP contribution in [0.2, 0.25) is 0 Å². The predicted octanol–water partition coefficient (Wildman–Crippen LogP) is 5.65. The maximum absolute atomic E-state index is 13.1. The van der Waals surface area contributed by atoms with Crippen molar-refractivity contribution in [3.63, 3.8) is 0 Å². The first-order valence-corrected chi connectivity index (χ1v) is 13.9. The molecule has 1 heterocycles. The summed E-state index contributed by atoms with van der Waals surface area (Å²) >= 11 is 8.01. The second-order valence-corrected chi connectivity index (χ2v) is 12.8. The van der Waals surface area contributed by atoms with Crippen molar-refractivity contribution in [1.82, 2.24) is 0 Å². The molecular formula is C23H14I4O6. The van der Waals surface area contributed by atoms with E-state index in [1.165, 1.54) is 12.1 Å². The highest BCUT2D eigenvalue weighted by Gasteiger charge is 2.60. The van der Waals surface area contributed by atoms with Crippen LogP contribution in [-0.2, 0) is 25.7 Å². The summed E-state index contributed by atoms with van der Waals surface area (Å²) in [6.07, 6.45) is 0.940. The van der Waals surface area contributed by atoms with Crippen molar-refractivity contribution in [2.24, 2.45) is 0 Å². The second-order valence-electron chi connectivity index (χ2n) is 7.42. The quantitative estimate of drug-likeness (QED) is 0.133. The minimum Gasteiger partial charge on any atom is -0.506 e. The zero-order valence-corrected chi connectivity index (χ0v) is 25.2. The number of rotatable bonds is 6. The van der Waals surface area contributed by atoms with Crippen molar-refractivity contribution in [3.8, 4) is 5.75 Å². The molecule has 1 aliphatic heterocycles. The SMILES string of the molecule is O=C(C(=O)c1cc(I)c(O)c(I)c1)C1=CC(I)=C2OC(C(=O)OCc3ccccc3)C2(I)C1. The Morgan fingerprint density at radius 1 is 1.06 bits per heavy atom. The zero-order valence-electron chi connectivity index (χ0n) is 16.6. The van der Waals surface area contributed by atoms with Gasteiger partial charge < -0.3 is 14.6 Å². The molecule has 2 unspecified atom stereocenters. The van der Waals surface area contributed by atoms with E-state index in [1.54, 1.807) is 6.08 Å². The predicted molar refractivity (Wildman–Crippen MR) is 154 cm³/mol. The van der Waals surface area contributed by atoms with Gasteiger partial charge in [-0.2, -0.15) is 0 Å². The molecule has 10 heteroatoms. The molecule has 2 aromatic carbocycles. The van der Waals surface area contributed by atoms with Gasteiger partial charge in [-0.25, -0.2) is 4.79 Å². The summed E-state index contributed by atoms with van der Waals surface area (Å²) < 4.78 is 12.0. The lowest BCUT2D eigenvalue weighted by molar-refractivity contribution is -0.166. The highest BCUT2D eigenvalue weighted by Crippen LogP contribution is 2.54. The fourth-order valence-corrected chi connectivity index (χ4v) is 7.98. The number of aromatic hydroxyl groups is 1. The average Bonchev–Trinajstić information content (AvgIpc) is 2.78. The molecule has 1 saturated heterocycles. The fraction of sp³-hybridized carbons (Fsp3) is 0.174. The standard InChI is InChI=1S/C23H14I4O6/c24-14-6-12(7-15(25)19(14)30)17(28)18(29)13-8-16(26)20-23(27,9-13)21(33-20)22(31)32-10-11-4-2-1-3-5-11/h1-8,21,30H,9-10H2. The third-order valence-electron chi connectivity index (χ3n) is 5.21. The molecule has 2 aromatic rings. The van der Waals surface area contributed by atoms with Gasteiger partial charge in [0.05, 0.1) is 10.7 Å². The number of ether oxygens (including phenoxy) is 2. The van der Waals surface area contributed by atoms with Gasteiger partial charge in [-0.1, -0.05) is 52.9 Å². The average molecular weight is 894 g/mol.